The number of nitrogens with two attached hydrogens (primary N) is 1. The highest BCUT2D eigenvalue weighted by molar-refractivity contribution is 5.56. The number of H-pyrrole nitrogens is 1. The predicted octanol–water partition coefficient (Wildman–Crippen LogP) is 2.31. The van der Waals surface area contributed by atoms with Crippen molar-refractivity contribution in [2.75, 3.05) is 6.54 Å². The Morgan fingerprint density at radius 2 is 2.29 bits per heavy atom. The van der Waals surface area contributed by atoms with Crippen molar-refractivity contribution >= 4 is 0 Å². The van der Waals surface area contributed by atoms with Crippen molar-refractivity contribution in [1.29, 1.82) is 0 Å². The van der Waals surface area contributed by atoms with E-state index in [1.807, 2.05) is 24.5 Å². The van der Waals surface area contributed by atoms with Gasteiger partial charge >= 0.3 is 0 Å². The number of hydrogen-bond acceptors (Lipinski definition) is 3. The van der Waals surface area contributed by atoms with E-state index in [9.17, 15) is 0 Å². The third-order valence-electron chi connectivity index (χ3n) is 2.88. The van der Waals surface area contributed by atoms with Crippen LogP contribution >= 0.6 is 0 Å². The number of pyridine rings is 1. The van der Waals surface area contributed by atoms with Crippen LogP contribution in [0.5, 0.6) is 0 Å². The Kier molecular flexibility index (Phi) is 3.88. The van der Waals surface area contributed by atoms with Crippen molar-refractivity contribution in [1.82, 2.24) is 15.0 Å². The van der Waals surface area contributed by atoms with E-state index >= 15 is 0 Å². The van der Waals surface area contributed by atoms with Gasteiger partial charge in [0, 0.05) is 30.4 Å². The van der Waals surface area contributed by atoms with Gasteiger partial charge in [-0.1, -0.05) is 13.3 Å². The molecule has 90 valence electrons. The number of nitrogens with zero attached hydrogens (tertiary/aromatic N) is 2. The minimum Gasteiger partial charge on any atom is -0.342 e. The van der Waals surface area contributed by atoms with Crippen molar-refractivity contribution in [3.8, 4) is 11.3 Å². The van der Waals surface area contributed by atoms with Crippen LogP contribution in [0.3, 0.4) is 0 Å². The molecular weight excluding hydrogens is 212 g/mol. The minimum atomic E-state index is 0.324. The molecule has 0 aliphatic heterocycles. The van der Waals surface area contributed by atoms with E-state index in [1.54, 1.807) is 6.20 Å². The van der Waals surface area contributed by atoms with Crippen LogP contribution in [-0.4, -0.2) is 21.5 Å². The van der Waals surface area contributed by atoms with E-state index in [-0.39, 0.29) is 0 Å². The van der Waals surface area contributed by atoms with E-state index in [0.29, 0.717) is 12.5 Å². The zero-order chi connectivity index (χ0) is 12.1. The maximum atomic E-state index is 5.77. The van der Waals surface area contributed by atoms with Gasteiger partial charge in [0.15, 0.2) is 0 Å². The standard InChI is InChI=1S/C13H18N4/c1-2-4-10(7-14)13-16-9-12(17-13)11-5-3-6-15-8-11/h3,5-6,8-10H,2,4,7,14H2,1H3,(H,16,17). The third kappa shape index (κ3) is 2.71. The van der Waals surface area contributed by atoms with E-state index in [2.05, 4.69) is 21.9 Å². The quantitative estimate of drug-likeness (QED) is 0.828. The van der Waals surface area contributed by atoms with Crippen LogP contribution in [0.25, 0.3) is 11.3 Å². The highest BCUT2D eigenvalue weighted by Gasteiger charge is 2.12. The van der Waals surface area contributed by atoms with Crippen molar-refractivity contribution < 1.29 is 0 Å². The van der Waals surface area contributed by atoms with Gasteiger partial charge in [-0.05, 0) is 18.6 Å². The molecule has 0 spiro atoms. The lowest BCUT2D eigenvalue weighted by Gasteiger charge is -2.09. The fraction of sp³-hybridized carbons (Fsp3) is 0.385. The SMILES string of the molecule is CCCC(CN)c1ncc(-c2cccnc2)[nH]1. The molecular formula is C13H18N4. The molecule has 3 N–H and O–H groups in total. The molecule has 1 atom stereocenters. The molecule has 0 saturated carbocycles. The summed E-state index contributed by atoms with van der Waals surface area (Å²) in [7, 11) is 0. The molecule has 2 rings (SSSR count). The summed E-state index contributed by atoms with van der Waals surface area (Å²) in [4.78, 5) is 11.9. The molecule has 0 aliphatic carbocycles. The summed E-state index contributed by atoms with van der Waals surface area (Å²) in [5.74, 6) is 1.30. The van der Waals surface area contributed by atoms with Gasteiger partial charge in [0.1, 0.15) is 5.82 Å². The molecule has 1 unspecified atom stereocenters. The molecule has 2 aromatic rings. The Balaban J connectivity index is 2.21. The third-order valence-corrected chi connectivity index (χ3v) is 2.88. The number of aromatic amines is 1. The van der Waals surface area contributed by atoms with Crippen molar-refractivity contribution in [2.45, 2.75) is 25.7 Å². The molecule has 17 heavy (non-hydrogen) atoms. The number of imidazole rings is 1. The first kappa shape index (κ1) is 11.8. The summed E-state index contributed by atoms with van der Waals surface area (Å²) in [6, 6.07) is 3.93. The number of nitrogens with one attached hydrogen (secondary N) is 1. The molecule has 0 bridgehead atoms. The van der Waals surface area contributed by atoms with Gasteiger partial charge < -0.3 is 10.7 Å². The molecule has 2 aromatic heterocycles. The average Bonchev–Trinajstić information content (AvgIpc) is 2.86. The molecule has 0 aromatic carbocycles. The molecule has 0 fully saturated rings. The lowest BCUT2D eigenvalue weighted by Crippen LogP contribution is -2.13. The van der Waals surface area contributed by atoms with Gasteiger partial charge in [-0.15, -0.1) is 0 Å². The summed E-state index contributed by atoms with van der Waals surface area (Å²) in [6.45, 7) is 2.79. The van der Waals surface area contributed by atoms with E-state index < -0.39 is 0 Å². The summed E-state index contributed by atoms with van der Waals surface area (Å²) >= 11 is 0. The van der Waals surface area contributed by atoms with Gasteiger partial charge in [0.25, 0.3) is 0 Å². The number of aromatic nitrogens is 3. The molecule has 0 saturated heterocycles. The van der Waals surface area contributed by atoms with E-state index in [0.717, 1.165) is 29.9 Å². The Morgan fingerprint density at radius 3 is 2.94 bits per heavy atom. The average molecular weight is 230 g/mol. The zero-order valence-electron chi connectivity index (χ0n) is 10.1. The monoisotopic (exact) mass is 230 g/mol. The fourth-order valence-corrected chi connectivity index (χ4v) is 1.93. The van der Waals surface area contributed by atoms with Crippen molar-refractivity contribution in [3.05, 3.63) is 36.5 Å². The Morgan fingerprint density at radius 1 is 1.41 bits per heavy atom. The summed E-state index contributed by atoms with van der Waals surface area (Å²) in [5.41, 5.74) is 7.82. The maximum Gasteiger partial charge on any atom is 0.110 e. The highest BCUT2D eigenvalue weighted by atomic mass is 14.9. The Hall–Kier alpha value is -1.68. The van der Waals surface area contributed by atoms with E-state index in [4.69, 9.17) is 5.73 Å². The number of rotatable bonds is 5. The van der Waals surface area contributed by atoms with Crippen LogP contribution in [0.15, 0.2) is 30.7 Å². The molecule has 0 amide bonds. The second-order valence-corrected chi connectivity index (χ2v) is 4.15. The Labute approximate surface area is 101 Å². The van der Waals surface area contributed by atoms with Crippen LogP contribution < -0.4 is 5.73 Å². The molecule has 4 nitrogen and oxygen atoms in total. The largest absolute Gasteiger partial charge is 0.342 e. The Bertz CT molecular complexity index is 449. The van der Waals surface area contributed by atoms with Gasteiger partial charge in [-0.2, -0.15) is 0 Å². The van der Waals surface area contributed by atoms with Crippen LogP contribution in [0.2, 0.25) is 0 Å². The number of hydrogen-bond donors (Lipinski definition) is 2. The summed E-state index contributed by atoms with van der Waals surface area (Å²) in [6.07, 6.45) is 7.63. The smallest absolute Gasteiger partial charge is 0.110 e. The summed E-state index contributed by atoms with van der Waals surface area (Å²) in [5, 5.41) is 0. The van der Waals surface area contributed by atoms with Crippen molar-refractivity contribution in [3.63, 3.8) is 0 Å². The minimum absolute atomic E-state index is 0.324. The van der Waals surface area contributed by atoms with E-state index in [1.165, 1.54) is 0 Å². The normalized spacial score (nSPS) is 12.6. The van der Waals surface area contributed by atoms with Crippen LogP contribution in [0.1, 0.15) is 31.5 Å². The molecule has 0 aliphatic rings. The molecule has 0 radical (unpaired) electrons. The first-order valence-electron chi connectivity index (χ1n) is 6.00. The van der Waals surface area contributed by atoms with Crippen molar-refractivity contribution in [2.24, 2.45) is 5.73 Å². The second kappa shape index (κ2) is 5.59. The van der Waals surface area contributed by atoms with Crippen LogP contribution in [-0.2, 0) is 0 Å². The first-order chi connectivity index (χ1) is 8.35. The van der Waals surface area contributed by atoms with Gasteiger partial charge in [-0.25, -0.2) is 4.98 Å². The topological polar surface area (TPSA) is 67.6 Å². The lowest BCUT2D eigenvalue weighted by atomic mass is 10.0. The van der Waals surface area contributed by atoms with Gasteiger partial charge in [0.05, 0.1) is 11.9 Å². The maximum absolute atomic E-state index is 5.77. The second-order valence-electron chi connectivity index (χ2n) is 4.15. The predicted molar refractivity (Wildman–Crippen MR) is 68.5 cm³/mol. The van der Waals surface area contributed by atoms with Crippen LogP contribution in [0, 0.1) is 0 Å². The van der Waals surface area contributed by atoms with Crippen LogP contribution in [0.4, 0.5) is 0 Å². The highest BCUT2D eigenvalue weighted by Crippen LogP contribution is 2.21. The lowest BCUT2D eigenvalue weighted by molar-refractivity contribution is 0.595. The fourth-order valence-electron chi connectivity index (χ4n) is 1.93. The summed E-state index contributed by atoms with van der Waals surface area (Å²) < 4.78 is 0. The first-order valence-corrected chi connectivity index (χ1v) is 6.00. The van der Waals surface area contributed by atoms with Gasteiger partial charge in [0.2, 0.25) is 0 Å². The molecule has 4 heteroatoms. The molecule has 2 heterocycles. The zero-order valence-corrected chi connectivity index (χ0v) is 10.1. The van der Waals surface area contributed by atoms with Gasteiger partial charge in [-0.3, -0.25) is 4.98 Å².